The minimum atomic E-state index is -0.454. The van der Waals surface area contributed by atoms with Crippen molar-refractivity contribution in [3.63, 3.8) is 0 Å². The molecule has 2 heterocycles. The summed E-state index contributed by atoms with van der Waals surface area (Å²) in [6.45, 7) is 2.91. The maximum atomic E-state index is 12.3. The van der Waals surface area contributed by atoms with Crippen molar-refractivity contribution in [1.82, 2.24) is 10.3 Å². The van der Waals surface area contributed by atoms with Crippen LogP contribution < -0.4 is 10.2 Å². The number of morpholine rings is 1. The zero-order valence-electron chi connectivity index (χ0n) is 12.4. The highest BCUT2D eigenvalue weighted by molar-refractivity contribution is 5.99. The highest BCUT2D eigenvalue weighted by Gasteiger charge is 2.19. The number of hydrogen-bond acceptors (Lipinski definition) is 6. The van der Waals surface area contributed by atoms with Crippen LogP contribution in [0.25, 0.3) is 0 Å². The van der Waals surface area contributed by atoms with E-state index in [9.17, 15) is 9.59 Å². The fraction of sp³-hybridized carbons (Fsp3) is 0.400. The Labute approximate surface area is 128 Å². The van der Waals surface area contributed by atoms with Crippen molar-refractivity contribution < 1.29 is 19.1 Å². The lowest BCUT2D eigenvalue weighted by atomic mass is 10.2. The molecule has 7 nitrogen and oxygen atoms in total. The molecule has 0 aromatic carbocycles. The third-order valence-electron chi connectivity index (χ3n) is 3.18. The Kier molecular flexibility index (Phi) is 5.91. The molecule has 0 atom stereocenters. The summed E-state index contributed by atoms with van der Waals surface area (Å²) in [5.41, 5.74) is 0.510. The van der Waals surface area contributed by atoms with E-state index in [4.69, 9.17) is 4.74 Å². The summed E-state index contributed by atoms with van der Waals surface area (Å²) in [7, 11) is 1.30. The lowest BCUT2D eigenvalue weighted by molar-refractivity contribution is -0.134. The van der Waals surface area contributed by atoms with E-state index >= 15 is 0 Å². The van der Waals surface area contributed by atoms with Gasteiger partial charge in [-0.2, -0.15) is 0 Å². The molecule has 1 N–H and O–H groups in total. The van der Waals surface area contributed by atoms with Crippen LogP contribution in [0.2, 0.25) is 0 Å². The Morgan fingerprint density at radius 3 is 2.95 bits per heavy atom. The quantitative estimate of drug-likeness (QED) is 0.625. The van der Waals surface area contributed by atoms with Gasteiger partial charge in [0.1, 0.15) is 5.82 Å². The van der Waals surface area contributed by atoms with Gasteiger partial charge >= 0.3 is 5.97 Å². The number of pyridine rings is 1. The number of nitrogens with one attached hydrogen (secondary N) is 1. The molecule has 1 aliphatic rings. The number of carbonyl (C=O) groups excluding carboxylic acids is 2. The second-order valence-corrected chi connectivity index (χ2v) is 4.61. The highest BCUT2D eigenvalue weighted by Crippen LogP contribution is 2.18. The maximum Gasteiger partial charge on any atom is 0.330 e. The number of aromatic nitrogens is 1. The lowest BCUT2D eigenvalue weighted by Gasteiger charge is -2.29. The van der Waals surface area contributed by atoms with Crippen LogP contribution >= 0.6 is 0 Å². The molecule has 1 aromatic heterocycles. The molecule has 2 rings (SSSR count). The summed E-state index contributed by atoms with van der Waals surface area (Å²) in [5, 5.41) is 2.73. The average molecular weight is 305 g/mol. The van der Waals surface area contributed by atoms with E-state index < -0.39 is 5.97 Å². The molecule has 1 saturated heterocycles. The van der Waals surface area contributed by atoms with E-state index in [1.807, 2.05) is 4.90 Å². The maximum absolute atomic E-state index is 12.3. The molecule has 118 valence electrons. The summed E-state index contributed by atoms with van der Waals surface area (Å²) in [4.78, 5) is 29.5. The topological polar surface area (TPSA) is 80.8 Å². The fourth-order valence-corrected chi connectivity index (χ4v) is 2.07. The first-order valence-electron chi connectivity index (χ1n) is 7.02. The Hall–Kier alpha value is -2.41. The predicted octanol–water partition coefficient (Wildman–Crippen LogP) is 0.377. The van der Waals surface area contributed by atoms with Gasteiger partial charge in [0, 0.05) is 31.9 Å². The van der Waals surface area contributed by atoms with Crippen LogP contribution in [0.4, 0.5) is 5.82 Å². The third kappa shape index (κ3) is 4.29. The molecule has 1 fully saturated rings. The van der Waals surface area contributed by atoms with E-state index in [1.165, 1.54) is 19.3 Å². The first-order chi connectivity index (χ1) is 10.7. The molecule has 0 saturated carbocycles. The van der Waals surface area contributed by atoms with E-state index in [0.29, 0.717) is 37.7 Å². The van der Waals surface area contributed by atoms with Crippen molar-refractivity contribution in [2.45, 2.75) is 0 Å². The number of nitrogens with zero attached hydrogens (tertiary/aromatic N) is 2. The Balaban J connectivity index is 2.00. The molecule has 7 heteroatoms. The van der Waals surface area contributed by atoms with Crippen LogP contribution in [0, 0.1) is 0 Å². The van der Waals surface area contributed by atoms with Crippen LogP contribution in [-0.2, 0) is 14.3 Å². The number of rotatable bonds is 5. The second kappa shape index (κ2) is 8.14. The van der Waals surface area contributed by atoms with Crippen molar-refractivity contribution >= 4 is 17.7 Å². The first-order valence-corrected chi connectivity index (χ1v) is 7.02. The molecular formula is C15H19N3O4. The van der Waals surface area contributed by atoms with Gasteiger partial charge in [-0.3, -0.25) is 4.79 Å². The van der Waals surface area contributed by atoms with E-state index in [-0.39, 0.29) is 12.5 Å². The fourth-order valence-electron chi connectivity index (χ4n) is 2.07. The number of ether oxygens (including phenoxy) is 2. The summed E-state index contributed by atoms with van der Waals surface area (Å²) in [5.74, 6) is -0.0333. The minimum absolute atomic E-state index is 0.232. The van der Waals surface area contributed by atoms with Gasteiger partial charge in [0.05, 0.1) is 25.9 Å². The van der Waals surface area contributed by atoms with Gasteiger partial charge in [0.2, 0.25) is 0 Å². The highest BCUT2D eigenvalue weighted by atomic mass is 16.5. The van der Waals surface area contributed by atoms with Crippen molar-refractivity contribution in [2.24, 2.45) is 0 Å². The Bertz CT molecular complexity index is 553. The SMILES string of the molecule is COC(=O)/C=C/CNC(=O)c1cccnc1N1CCOCC1. The van der Waals surface area contributed by atoms with Gasteiger partial charge in [-0.15, -0.1) is 0 Å². The van der Waals surface area contributed by atoms with Gasteiger partial charge in [0.15, 0.2) is 0 Å². The number of methoxy groups -OCH3 is 1. The van der Waals surface area contributed by atoms with Crippen LogP contribution in [0.1, 0.15) is 10.4 Å². The van der Waals surface area contributed by atoms with Crippen LogP contribution in [-0.4, -0.2) is 56.8 Å². The summed E-state index contributed by atoms with van der Waals surface area (Å²) in [6, 6.07) is 3.46. The molecule has 0 radical (unpaired) electrons. The molecule has 0 bridgehead atoms. The van der Waals surface area contributed by atoms with Crippen LogP contribution in [0.15, 0.2) is 30.5 Å². The van der Waals surface area contributed by atoms with E-state index in [0.717, 1.165) is 0 Å². The molecule has 0 unspecified atom stereocenters. The van der Waals surface area contributed by atoms with Gasteiger partial charge in [0.25, 0.3) is 5.91 Å². The standard InChI is InChI=1S/C15H19N3O4/c1-21-13(19)5-3-7-17-15(20)12-4-2-6-16-14(12)18-8-10-22-11-9-18/h2-6H,7-11H2,1H3,(H,17,20)/b5-3+. The van der Waals surface area contributed by atoms with Crippen molar-refractivity contribution in [2.75, 3.05) is 44.9 Å². The van der Waals surface area contributed by atoms with Gasteiger partial charge in [-0.25, -0.2) is 9.78 Å². The number of amides is 1. The summed E-state index contributed by atoms with van der Waals surface area (Å²) in [6.07, 6.45) is 4.47. The van der Waals surface area contributed by atoms with Gasteiger partial charge in [-0.05, 0) is 12.1 Å². The molecule has 1 aliphatic heterocycles. The normalized spacial score (nSPS) is 14.9. The molecule has 0 aliphatic carbocycles. The Morgan fingerprint density at radius 2 is 2.23 bits per heavy atom. The number of carbonyl (C=O) groups is 2. The zero-order chi connectivity index (χ0) is 15.8. The molecular weight excluding hydrogens is 286 g/mol. The molecule has 0 spiro atoms. The monoisotopic (exact) mass is 305 g/mol. The molecule has 1 aromatic rings. The first kappa shape index (κ1) is 16.0. The van der Waals surface area contributed by atoms with Crippen molar-refractivity contribution in [3.05, 3.63) is 36.0 Å². The smallest absolute Gasteiger partial charge is 0.330 e. The number of hydrogen-bond donors (Lipinski definition) is 1. The van der Waals surface area contributed by atoms with Crippen molar-refractivity contribution in [3.8, 4) is 0 Å². The lowest BCUT2D eigenvalue weighted by Crippen LogP contribution is -2.38. The van der Waals surface area contributed by atoms with Gasteiger partial charge in [-0.1, -0.05) is 6.08 Å². The predicted molar refractivity (Wildman–Crippen MR) is 80.8 cm³/mol. The van der Waals surface area contributed by atoms with Crippen LogP contribution in [0.5, 0.6) is 0 Å². The molecule has 22 heavy (non-hydrogen) atoms. The summed E-state index contributed by atoms with van der Waals surface area (Å²) < 4.78 is 9.78. The van der Waals surface area contributed by atoms with Crippen molar-refractivity contribution in [1.29, 1.82) is 0 Å². The average Bonchev–Trinajstić information content (AvgIpc) is 2.59. The summed E-state index contributed by atoms with van der Waals surface area (Å²) >= 11 is 0. The van der Waals surface area contributed by atoms with Crippen LogP contribution in [0.3, 0.4) is 0 Å². The van der Waals surface area contributed by atoms with E-state index in [1.54, 1.807) is 18.3 Å². The van der Waals surface area contributed by atoms with E-state index in [2.05, 4.69) is 15.0 Å². The Morgan fingerprint density at radius 1 is 1.45 bits per heavy atom. The number of anilines is 1. The zero-order valence-corrected chi connectivity index (χ0v) is 12.4. The number of esters is 1. The second-order valence-electron chi connectivity index (χ2n) is 4.61. The third-order valence-corrected chi connectivity index (χ3v) is 3.18. The largest absolute Gasteiger partial charge is 0.466 e. The molecule has 1 amide bonds. The minimum Gasteiger partial charge on any atom is -0.466 e. The van der Waals surface area contributed by atoms with Gasteiger partial charge < -0.3 is 19.7 Å².